The number of ether oxygens (including phenoxy) is 2. The zero-order valence-electron chi connectivity index (χ0n) is 29.1. The fraction of sp³-hybridized carbons (Fsp3) is 0.865. The van der Waals surface area contributed by atoms with Crippen molar-refractivity contribution >= 4 is 5.91 Å². The third kappa shape index (κ3) is 20.1. The number of allylic oxidation sites excluding steroid dienone is 3. The van der Waals surface area contributed by atoms with Crippen molar-refractivity contribution in [2.75, 3.05) is 13.2 Å². The molecule has 0 aromatic rings. The van der Waals surface area contributed by atoms with Crippen LogP contribution in [0.2, 0.25) is 0 Å². The van der Waals surface area contributed by atoms with Gasteiger partial charge in [0, 0.05) is 6.42 Å². The Labute approximate surface area is 279 Å². The zero-order valence-corrected chi connectivity index (χ0v) is 29.1. The lowest BCUT2D eigenvalue weighted by Gasteiger charge is -2.40. The molecule has 1 heterocycles. The smallest absolute Gasteiger partial charge is 0.220 e. The Morgan fingerprint density at radius 1 is 0.717 bits per heavy atom. The van der Waals surface area contributed by atoms with Gasteiger partial charge >= 0.3 is 0 Å². The second-order valence-corrected chi connectivity index (χ2v) is 13.0. The van der Waals surface area contributed by atoms with Gasteiger partial charge in [0.25, 0.3) is 0 Å². The van der Waals surface area contributed by atoms with Crippen LogP contribution in [0.3, 0.4) is 0 Å². The highest BCUT2D eigenvalue weighted by atomic mass is 16.7. The maximum Gasteiger partial charge on any atom is 0.220 e. The van der Waals surface area contributed by atoms with E-state index in [1.807, 2.05) is 6.08 Å². The SMILES string of the molecule is CCCCCCCCCCCCCCC/C=C/CC/C=C/C(O)C(COC1OC(CO)C(O)C(O)C1O)NC(=O)CCCCCC. The molecule has 7 unspecified atom stereocenters. The lowest BCUT2D eigenvalue weighted by atomic mass is 9.99. The van der Waals surface area contributed by atoms with Crippen molar-refractivity contribution in [1.29, 1.82) is 0 Å². The molecule has 9 heteroatoms. The number of carbonyl (C=O) groups is 1. The Balaban J connectivity index is 2.35. The number of hydrogen-bond acceptors (Lipinski definition) is 8. The first kappa shape index (κ1) is 42.7. The van der Waals surface area contributed by atoms with E-state index in [9.17, 15) is 30.3 Å². The summed E-state index contributed by atoms with van der Waals surface area (Å²) in [4.78, 5) is 12.6. The summed E-state index contributed by atoms with van der Waals surface area (Å²) in [5, 5.41) is 53.5. The first-order valence-corrected chi connectivity index (χ1v) is 18.6. The summed E-state index contributed by atoms with van der Waals surface area (Å²) in [6.07, 6.45) is 24.3. The van der Waals surface area contributed by atoms with Crippen molar-refractivity contribution < 1.29 is 39.8 Å². The van der Waals surface area contributed by atoms with Crippen LogP contribution in [0, 0.1) is 0 Å². The molecular formula is C37H69NO8. The van der Waals surface area contributed by atoms with Crippen LogP contribution < -0.4 is 5.32 Å². The van der Waals surface area contributed by atoms with Crippen molar-refractivity contribution in [3.8, 4) is 0 Å². The Kier molecular flexibility index (Phi) is 26.6. The molecule has 9 nitrogen and oxygen atoms in total. The Morgan fingerprint density at radius 3 is 1.83 bits per heavy atom. The molecule has 7 atom stereocenters. The number of carbonyl (C=O) groups excluding carboxylic acids is 1. The predicted molar refractivity (Wildman–Crippen MR) is 184 cm³/mol. The Bertz CT molecular complexity index is 776. The predicted octanol–water partition coefficient (Wildman–Crippen LogP) is 5.99. The van der Waals surface area contributed by atoms with Crippen LogP contribution in [0.4, 0.5) is 0 Å². The summed E-state index contributed by atoms with van der Waals surface area (Å²) < 4.78 is 11.1. The molecule has 1 aliphatic rings. The van der Waals surface area contributed by atoms with Crippen LogP contribution in [-0.4, -0.2) is 87.5 Å². The average Bonchev–Trinajstić information content (AvgIpc) is 3.05. The second kappa shape index (κ2) is 28.7. The van der Waals surface area contributed by atoms with Gasteiger partial charge in [-0.15, -0.1) is 0 Å². The summed E-state index contributed by atoms with van der Waals surface area (Å²) in [5.41, 5.74) is 0. The normalized spacial score (nSPS) is 23.3. The molecule has 0 aromatic heterocycles. The van der Waals surface area contributed by atoms with Gasteiger partial charge in [0.15, 0.2) is 6.29 Å². The first-order valence-electron chi connectivity index (χ1n) is 18.6. The summed E-state index contributed by atoms with van der Waals surface area (Å²) in [5.74, 6) is -0.206. The third-order valence-electron chi connectivity index (χ3n) is 8.78. The standard InChI is InChI=1S/C37H69NO8/c1-3-5-7-9-10-11-12-13-14-15-16-17-18-19-20-21-22-23-24-26-31(40)30(38-33(41)27-25-8-6-4-2)29-45-37-36(44)35(43)34(42)32(28-39)46-37/h20-21,24,26,30-32,34-37,39-40,42-44H,3-19,22-23,25,27-29H2,1-2H3,(H,38,41)/b21-20+,26-24+. The summed E-state index contributed by atoms with van der Waals surface area (Å²) in [6, 6.07) is -0.812. The summed E-state index contributed by atoms with van der Waals surface area (Å²) >= 11 is 0. The molecule has 270 valence electrons. The molecule has 6 N–H and O–H groups in total. The topological polar surface area (TPSA) is 149 Å². The number of amides is 1. The largest absolute Gasteiger partial charge is 0.394 e. The number of aliphatic hydroxyl groups excluding tert-OH is 5. The van der Waals surface area contributed by atoms with Crippen LogP contribution in [-0.2, 0) is 14.3 Å². The van der Waals surface area contributed by atoms with Crippen molar-refractivity contribution in [1.82, 2.24) is 5.32 Å². The number of hydrogen-bond donors (Lipinski definition) is 6. The summed E-state index contributed by atoms with van der Waals surface area (Å²) in [7, 11) is 0. The fourth-order valence-corrected chi connectivity index (χ4v) is 5.70. The van der Waals surface area contributed by atoms with Gasteiger partial charge in [-0.25, -0.2) is 0 Å². The minimum atomic E-state index is -1.56. The van der Waals surface area contributed by atoms with Gasteiger partial charge in [0.1, 0.15) is 24.4 Å². The lowest BCUT2D eigenvalue weighted by molar-refractivity contribution is -0.302. The number of nitrogens with one attached hydrogen (secondary N) is 1. The van der Waals surface area contributed by atoms with E-state index >= 15 is 0 Å². The van der Waals surface area contributed by atoms with E-state index < -0.39 is 49.5 Å². The molecule has 46 heavy (non-hydrogen) atoms. The van der Waals surface area contributed by atoms with E-state index in [-0.39, 0.29) is 12.5 Å². The van der Waals surface area contributed by atoms with Crippen LogP contribution >= 0.6 is 0 Å². The fourth-order valence-electron chi connectivity index (χ4n) is 5.70. The molecule has 1 rings (SSSR count). The minimum absolute atomic E-state index is 0.200. The van der Waals surface area contributed by atoms with Gasteiger partial charge < -0.3 is 40.3 Å². The van der Waals surface area contributed by atoms with Crippen LogP contribution in [0.25, 0.3) is 0 Å². The highest BCUT2D eigenvalue weighted by molar-refractivity contribution is 5.76. The summed E-state index contributed by atoms with van der Waals surface area (Å²) in [6.45, 7) is 3.60. The quantitative estimate of drug-likeness (QED) is 0.0425. The van der Waals surface area contributed by atoms with E-state index in [1.165, 1.54) is 83.5 Å². The van der Waals surface area contributed by atoms with Crippen LogP contribution in [0.15, 0.2) is 24.3 Å². The van der Waals surface area contributed by atoms with Gasteiger partial charge in [-0.1, -0.05) is 134 Å². The molecule has 0 bridgehead atoms. The molecule has 1 saturated heterocycles. The minimum Gasteiger partial charge on any atom is -0.394 e. The van der Waals surface area contributed by atoms with Crippen molar-refractivity contribution in [2.45, 2.75) is 192 Å². The average molecular weight is 656 g/mol. The van der Waals surface area contributed by atoms with E-state index in [2.05, 4.69) is 31.3 Å². The van der Waals surface area contributed by atoms with E-state index in [4.69, 9.17) is 9.47 Å². The van der Waals surface area contributed by atoms with Crippen molar-refractivity contribution in [2.24, 2.45) is 0 Å². The van der Waals surface area contributed by atoms with Gasteiger partial charge in [0.05, 0.1) is 25.4 Å². The molecule has 0 saturated carbocycles. The lowest BCUT2D eigenvalue weighted by Crippen LogP contribution is -2.60. The van der Waals surface area contributed by atoms with Gasteiger partial charge in [-0.3, -0.25) is 4.79 Å². The number of aliphatic hydroxyl groups is 5. The molecule has 1 amide bonds. The molecule has 0 aliphatic carbocycles. The maximum absolute atomic E-state index is 12.6. The molecule has 1 aliphatic heterocycles. The van der Waals surface area contributed by atoms with Gasteiger partial charge in [-0.2, -0.15) is 0 Å². The molecule has 0 spiro atoms. The van der Waals surface area contributed by atoms with E-state index in [1.54, 1.807) is 6.08 Å². The first-order chi connectivity index (χ1) is 22.3. The van der Waals surface area contributed by atoms with Gasteiger partial charge in [-0.05, 0) is 32.1 Å². The monoisotopic (exact) mass is 656 g/mol. The highest BCUT2D eigenvalue weighted by Crippen LogP contribution is 2.22. The van der Waals surface area contributed by atoms with Crippen LogP contribution in [0.1, 0.15) is 149 Å². The second-order valence-electron chi connectivity index (χ2n) is 13.0. The molecular weight excluding hydrogens is 586 g/mol. The molecule has 0 radical (unpaired) electrons. The number of rotatable bonds is 29. The van der Waals surface area contributed by atoms with E-state index in [0.29, 0.717) is 6.42 Å². The van der Waals surface area contributed by atoms with Gasteiger partial charge in [0.2, 0.25) is 5.91 Å². The Morgan fingerprint density at radius 2 is 1.24 bits per heavy atom. The molecule has 1 fully saturated rings. The van der Waals surface area contributed by atoms with Crippen LogP contribution in [0.5, 0.6) is 0 Å². The third-order valence-corrected chi connectivity index (χ3v) is 8.78. The molecule has 0 aromatic carbocycles. The zero-order chi connectivity index (χ0) is 33.8. The van der Waals surface area contributed by atoms with Crippen molar-refractivity contribution in [3.05, 3.63) is 24.3 Å². The maximum atomic E-state index is 12.6. The van der Waals surface area contributed by atoms with E-state index in [0.717, 1.165) is 44.9 Å². The number of unbranched alkanes of at least 4 members (excludes halogenated alkanes) is 17. The highest BCUT2D eigenvalue weighted by Gasteiger charge is 2.44. The van der Waals surface area contributed by atoms with Crippen molar-refractivity contribution in [3.63, 3.8) is 0 Å². The Hall–Kier alpha value is -1.33.